The highest BCUT2D eigenvalue weighted by atomic mass is 16.6. The molecule has 0 aliphatic heterocycles. The second kappa shape index (κ2) is 68.7. The molecule has 0 bridgehead atoms. The summed E-state index contributed by atoms with van der Waals surface area (Å²) in [7, 11) is 0. The van der Waals surface area contributed by atoms with E-state index in [9.17, 15) is 14.4 Å². The number of hydrogen-bond acceptors (Lipinski definition) is 6. The van der Waals surface area contributed by atoms with Crippen LogP contribution in [0.3, 0.4) is 0 Å². The summed E-state index contributed by atoms with van der Waals surface area (Å²) in [6, 6.07) is 0. The Kier molecular flexibility index (Phi) is 64.0. The Morgan fingerprint density at radius 1 is 0.253 bits per heavy atom. The number of unbranched alkanes of at least 4 members (excludes halogenated alkanes) is 14. The number of carbonyl (C=O) groups is 3. The molecule has 0 saturated heterocycles. The standard InChI is InChI=1S/C77H118O6/c1-4-7-10-13-16-19-22-25-28-31-34-36-37-38-39-41-43-46-49-52-55-58-61-64-67-70-76(79)82-73-74(72-81-75(78)69-66-63-60-57-54-51-48-45-42-33-30-27-24-21-18-15-12-9-6-3)83-77(80)71-68-65-62-59-56-53-50-47-44-40-35-32-29-26-23-20-17-14-11-8-5-2/h7-8,10-11,16-21,25-30,34-36,38-40,42-43,45-47,50,52,55-56,59,74H,4-6,9,12-15,22-24,31-33,37,41,44,48-49,51,53-54,57-58,60-73H2,1-3H3/b10-7-,11-8-,19-16-,20-17-,21-18-,28-25-,29-26-,30-27-,36-34-,39-38-,40-35-,45-42-,46-43-,50-47-,55-52-,59-56-. The third-order valence-corrected chi connectivity index (χ3v) is 13.1. The van der Waals surface area contributed by atoms with E-state index in [0.29, 0.717) is 19.3 Å². The SMILES string of the molecule is CC/C=C\C/C=C\C/C=C\C/C=C\C/C=C\C/C=C\C/C=C\CCCCCC(=O)OCC(COC(=O)CCCCCCCC/C=C\C/C=C\C/C=C\CCCCC)OC(=O)CCCC/C=C\C/C=C\C/C=C\C/C=C\C/C=C\C/C=C\CC. The Balaban J connectivity index is 4.61. The van der Waals surface area contributed by atoms with Crippen LogP contribution in [-0.4, -0.2) is 37.2 Å². The number of hydrogen-bond donors (Lipinski definition) is 0. The highest BCUT2D eigenvalue weighted by molar-refractivity contribution is 5.71. The van der Waals surface area contributed by atoms with Crippen molar-refractivity contribution in [2.45, 2.75) is 258 Å². The summed E-state index contributed by atoms with van der Waals surface area (Å²) in [5, 5.41) is 0. The molecule has 6 nitrogen and oxygen atoms in total. The quantitative estimate of drug-likeness (QED) is 0.0261. The van der Waals surface area contributed by atoms with Gasteiger partial charge in [0.1, 0.15) is 13.2 Å². The lowest BCUT2D eigenvalue weighted by atomic mass is 10.1. The van der Waals surface area contributed by atoms with Gasteiger partial charge < -0.3 is 14.2 Å². The molecule has 462 valence electrons. The summed E-state index contributed by atoms with van der Waals surface area (Å²) >= 11 is 0. The van der Waals surface area contributed by atoms with E-state index in [4.69, 9.17) is 14.2 Å². The fourth-order valence-electron chi connectivity index (χ4n) is 8.20. The highest BCUT2D eigenvalue weighted by Crippen LogP contribution is 2.13. The van der Waals surface area contributed by atoms with Gasteiger partial charge in [0.15, 0.2) is 6.10 Å². The molecule has 0 fully saturated rings. The Morgan fingerprint density at radius 2 is 0.470 bits per heavy atom. The maximum absolute atomic E-state index is 12.9. The largest absolute Gasteiger partial charge is 0.462 e. The van der Waals surface area contributed by atoms with Crippen molar-refractivity contribution in [1.29, 1.82) is 0 Å². The zero-order valence-corrected chi connectivity index (χ0v) is 52.9. The molecule has 0 spiro atoms. The van der Waals surface area contributed by atoms with Crippen molar-refractivity contribution in [3.63, 3.8) is 0 Å². The summed E-state index contributed by atoms with van der Waals surface area (Å²) in [5.74, 6) is -1.02. The van der Waals surface area contributed by atoms with Gasteiger partial charge in [-0.2, -0.15) is 0 Å². The van der Waals surface area contributed by atoms with Gasteiger partial charge in [0.25, 0.3) is 0 Å². The zero-order chi connectivity index (χ0) is 59.9. The van der Waals surface area contributed by atoms with Gasteiger partial charge in [0.05, 0.1) is 0 Å². The lowest BCUT2D eigenvalue weighted by Gasteiger charge is -2.18. The van der Waals surface area contributed by atoms with Crippen LogP contribution in [0, 0.1) is 0 Å². The van der Waals surface area contributed by atoms with Crippen molar-refractivity contribution in [2.75, 3.05) is 13.2 Å². The van der Waals surface area contributed by atoms with Crippen molar-refractivity contribution in [3.05, 3.63) is 194 Å². The van der Waals surface area contributed by atoms with Gasteiger partial charge in [0, 0.05) is 19.3 Å². The molecule has 1 atom stereocenters. The molecule has 0 aliphatic rings. The number of ether oxygens (including phenoxy) is 3. The molecule has 0 aromatic carbocycles. The summed E-state index contributed by atoms with van der Waals surface area (Å²) in [5.41, 5.74) is 0. The fraction of sp³-hybridized carbons (Fsp3) is 0.545. The van der Waals surface area contributed by atoms with Crippen molar-refractivity contribution in [1.82, 2.24) is 0 Å². The van der Waals surface area contributed by atoms with Crippen molar-refractivity contribution >= 4 is 17.9 Å². The Labute approximate surface area is 509 Å². The van der Waals surface area contributed by atoms with Gasteiger partial charge in [0.2, 0.25) is 0 Å². The number of esters is 3. The maximum Gasteiger partial charge on any atom is 0.306 e. The number of allylic oxidation sites excluding steroid dienone is 32. The van der Waals surface area contributed by atoms with Gasteiger partial charge in [-0.15, -0.1) is 0 Å². The van der Waals surface area contributed by atoms with Crippen LogP contribution in [0.5, 0.6) is 0 Å². The normalized spacial score (nSPS) is 13.4. The highest BCUT2D eigenvalue weighted by Gasteiger charge is 2.19. The third kappa shape index (κ3) is 66.9. The van der Waals surface area contributed by atoms with Crippen LogP contribution in [0.2, 0.25) is 0 Å². The summed E-state index contributed by atoms with van der Waals surface area (Å²) in [6.45, 7) is 6.30. The predicted octanol–water partition coefficient (Wildman–Crippen LogP) is 23.0. The average Bonchev–Trinajstić information content (AvgIpc) is 3.50. The first-order chi connectivity index (χ1) is 41.0. The molecule has 0 amide bonds. The molecule has 0 N–H and O–H groups in total. The second-order valence-electron chi connectivity index (χ2n) is 20.9. The minimum Gasteiger partial charge on any atom is -0.462 e. The summed E-state index contributed by atoms with van der Waals surface area (Å²) in [6.07, 6.45) is 104. The minimum absolute atomic E-state index is 0.124. The molecule has 6 heteroatoms. The van der Waals surface area contributed by atoms with E-state index in [2.05, 4.69) is 215 Å². The molecular weight excluding hydrogens is 1020 g/mol. The second-order valence-corrected chi connectivity index (χ2v) is 20.9. The van der Waals surface area contributed by atoms with Crippen molar-refractivity contribution in [3.8, 4) is 0 Å². The Hall–Kier alpha value is -5.75. The van der Waals surface area contributed by atoms with Crippen LogP contribution < -0.4 is 0 Å². The van der Waals surface area contributed by atoms with Crippen LogP contribution in [0.25, 0.3) is 0 Å². The third-order valence-electron chi connectivity index (χ3n) is 13.1. The van der Waals surface area contributed by atoms with E-state index in [1.807, 2.05) is 0 Å². The molecule has 0 aromatic heterocycles. The Bertz CT molecular complexity index is 1990. The van der Waals surface area contributed by atoms with Gasteiger partial charge >= 0.3 is 17.9 Å². The molecule has 0 aromatic rings. The van der Waals surface area contributed by atoms with Crippen molar-refractivity contribution in [2.24, 2.45) is 0 Å². The first-order valence-corrected chi connectivity index (χ1v) is 32.9. The van der Waals surface area contributed by atoms with Crippen LogP contribution >= 0.6 is 0 Å². The molecular formula is C77H118O6. The maximum atomic E-state index is 12.9. The molecule has 0 rings (SSSR count). The molecule has 0 heterocycles. The van der Waals surface area contributed by atoms with E-state index in [-0.39, 0.29) is 37.5 Å². The monoisotopic (exact) mass is 1140 g/mol. The summed E-state index contributed by atoms with van der Waals surface area (Å²) < 4.78 is 16.9. The van der Waals surface area contributed by atoms with E-state index < -0.39 is 6.10 Å². The zero-order valence-electron chi connectivity index (χ0n) is 52.9. The van der Waals surface area contributed by atoms with E-state index in [0.717, 1.165) is 167 Å². The van der Waals surface area contributed by atoms with E-state index >= 15 is 0 Å². The van der Waals surface area contributed by atoms with Crippen LogP contribution in [-0.2, 0) is 28.6 Å². The topological polar surface area (TPSA) is 78.9 Å². The van der Waals surface area contributed by atoms with Crippen LogP contribution in [0.15, 0.2) is 194 Å². The molecule has 0 radical (unpaired) electrons. The molecule has 83 heavy (non-hydrogen) atoms. The van der Waals surface area contributed by atoms with Crippen LogP contribution in [0.4, 0.5) is 0 Å². The van der Waals surface area contributed by atoms with Gasteiger partial charge in [-0.1, -0.05) is 260 Å². The van der Waals surface area contributed by atoms with E-state index in [1.165, 1.54) is 38.5 Å². The van der Waals surface area contributed by atoms with Gasteiger partial charge in [-0.25, -0.2) is 0 Å². The first kappa shape index (κ1) is 77.2. The molecule has 1 unspecified atom stereocenters. The predicted molar refractivity (Wildman–Crippen MR) is 361 cm³/mol. The fourth-order valence-corrected chi connectivity index (χ4v) is 8.20. The van der Waals surface area contributed by atoms with Crippen molar-refractivity contribution < 1.29 is 28.6 Å². The van der Waals surface area contributed by atoms with Crippen LogP contribution in [0.1, 0.15) is 252 Å². The lowest BCUT2D eigenvalue weighted by Crippen LogP contribution is -2.30. The molecule has 0 aliphatic carbocycles. The van der Waals surface area contributed by atoms with Gasteiger partial charge in [-0.3, -0.25) is 14.4 Å². The number of carbonyl (C=O) groups excluding carboxylic acids is 3. The first-order valence-electron chi connectivity index (χ1n) is 32.9. The smallest absolute Gasteiger partial charge is 0.306 e. The molecule has 0 saturated carbocycles. The average molecular weight is 1140 g/mol. The summed E-state index contributed by atoms with van der Waals surface area (Å²) in [4.78, 5) is 38.4. The van der Waals surface area contributed by atoms with E-state index in [1.54, 1.807) is 0 Å². The van der Waals surface area contributed by atoms with Gasteiger partial charge in [-0.05, 0) is 167 Å². The lowest BCUT2D eigenvalue weighted by molar-refractivity contribution is -0.167. The number of rotatable bonds is 57. The minimum atomic E-state index is -0.836. The Morgan fingerprint density at radius 3 is 0.771 bits per heavy atom.